The van der Waals surface area contributed by atoms with E-state index >= 15 is 0 Å². The Morgan fingerprint density at radius 1 is 1.24 bits per heavy atom. The molecule has 94 valence electrons. The smallest absolute Gasteiger partial charge is 0.406 e. The zero-order chi connectivity index (χ0) is 12.9. The fourth-order valence-electron chi connectivity index (χ4n) is 1.13. The maximum atomic E-state index is 11.9. The van der Waals surface area contributed by atoms with Crippen LogP contribution in [0, 0.1) is 0 Å². The molecule has 0 spiro atoms. The van der Waals surface area contributed by atoms with Crippen molar-refractivity contribution in [1.82, 2.24) is 5.32 Å². The highest BCUT2D eigenvalue weighted by Crippen LogP contribution is 2.22. The molecule has 1 atom stereocenters. The Morgan fingerprint density at radius 3 is 2.29 bits per heavy atom. The van der Waals surface area contributed by atoms with Gasteiger partial charge in [0.2, 0.25) is 0 Å². The largest absolute Gasteiger partial charge is 0.573 e. The Labute approximate surface area is 98.1 Å². The summed E-state index contributed by atoms with van der Waals surface area (Å²) in [6.45, 7) is 1.97. The Hall–Kier alpha value is -1.49. The second-order valence-corrected chi connectivity index (χ2v) is 3.55. The van der Waals surface area contributed by atoms with E-state index in [1.807, 2.05) is 26.1 Å². The summed E-state index contributed by atoms with van der Waals surface area (Å²) < 4.78 is 39.5. The number of likely N-dealkylation sites (N-methyl/N-ethyl adjacent to an activating group) is 1. The van der Waals surface area contributed by atoms with Crippen LogP contribution in [0.25, 0.3) is 6.08 Å². The zero-order valence-corrected chi connectivity index (χ0v) is 9.58. The van der Waals surface area contributed by atoms with Crippen LogP contribution in [0.15, 0.2) is 30.3 Å². The first-order valence-electron chi connectivity index (χ1n) is 5.12. The van der Waals surface area contributed by atoms with Gasteiger partial charge in [-0.2, -0.15) is 0 Å². The number of alkyl halides is 3. The lowest BCUT2D eigenvalue weighted by atomic mass is 10.2. The van der Waals surface area contributed by atoms with Gasteiger partial charge in [0.25, 0.3) is 0 Å². The van der Waals surface area contributed by atoms with Crippen LogP contribution in [-0.2, 0) is 0 Å². The lowest BCUT2D eigenvalue weighted by Gasteiger charge is -2.08. The lowest BCUT2D eigenvalue weighted by molar-refractivity contribution is -0.274. The highest BCUT2D eigenvalue weighted by molar-refractivity contribution is 5.51. The van der Waals surface area contributed by atoms with E-state index in [1.54, 1.807) is 12.1 Å². The number of nitrogens with one attached hydrogen (secondary N) is 1. The Morgan fingerprint density at radius 2 is 1.82 bits per heavy atom. The minimum absolute atomic E-state index is 0.209. The van der Waals surface area contributed by atoms with E-state index in [4.69, 9.17) is 0 Å². The molecule has 5 heteroatoms. The van der Waals surface area contributed by atoms with Crippen molar-refractivity contribution < 1.29 is 17.9 Å². The van der Waals surface area contributed by atoms with Gasteiger partial charge in [0.05, 0.1) is 0 Å². The van der Waals surface area contributed by atoms with Gasteiger partial charge in [0, 0.05) is 6.04 Å². The summed E-state index contributed by atoms with van der Waals surface area (Å²) in [6.07, 6.45) is -0.893. The molecule has 0 heterocycles. The molecule has 0 bridgehead atoms. The van der Waals surface area contributed by atoms with Crippen molar-refractivity contribution >= 4 is 6.08 Å². The van der Waals surface area contributed by atoms with Gasteiger partial charge in [-0.15, -0.1) is 13.2 Å². The van der Waals surface area contributed by atoms with Gasteiger partial charge < -0.3 is 10.1 Å². The summed E-state index contributed by atoms with van der Waals surface area (Å²) >= 11 is 0. The first kappa shape index (κ1) is 13.6. The summed E-state index contributed by atoms with van der Waals surface area (Å²) in [6, 6.07) is 5.93. The van der Waals surface area contributed by atoms with Crippen LogP contribution in [0.4, 0.5) is 13.2 Å². The number of hydrogen-bond acceptors (Lipinski definition) is 2. The van der Waals surface area contributed by atoms with E-state index in [2.05, 4.69) is 10.1 Å². The first-order chi connectivity index (χ1) is 7.90. The third-order valence-electron chi connectivity index (χ3n) is 2.15. The van der Waals surface area contributed by atoms with Crippen molar-refractivity contribution in [1.29, 1.82) is 0 Å². The van der Waals surface area contributed by atoms with Crippen molar-refractivity contribution in [3.8, 4) is 5.75 Å². The minimum Gasteiger partial charge on any atom is -0.406 e. The quantitative estimate of drug-likeness (QED) is 0.879. The van der Waals surface area contributed by atoms with Crippen LogP contribution in [0.2, 0.25) is 0 Å². The molecule has 1 unspecified atom stereocenters. The molecule has 0 aliphatic carbocycles. The number of rotatable bonds is 4. The average Bonchev–Trinajstić information content (AvgIpc) is 2.25. The summed E-state index contributed by atoms with van der Waals surface area (Å²) in [5.74, 6) is -0.212. The third-order valence-corrected chi connectivity index (χ3v) is 2.15. The second-order valence-electron chi connectivity index (χ2n) is 3.55. The maximum Gasteiger partial charge on any atom is 0.573 e. The van der Waals surface area contributed by atoms with Crippen LogP contribution in [-0.4, -0.2) is 19.5 Å². The molecule has 2 nitrogen and oxygen atoms in total. The average molecular weight is 245 g/mol. The molecule has 1 N–H and O–H groups in total. The van der Waals surface area contributed by atoms with E-state index in [0.717, 1.165) is 5.56 Å². The monoisotopic (exact) mass is 245 g/mol. The maximum absolute atomic E-state index is 11.9. The second kappa shape index (κ2) is 5.72. The minimum atomic E-state index is -4.64. The zero-order valence-electron chi connectivity index (χ0n) is 9.58. The van der Waals surface area contributed by atoms with Crippen LogP contribution < -0.4 is 10.1 Å². The van der Waals surface area contributed by atoms with Crippen molar-refractivity contribution in [2.75, 3.05) is 7.05 Å². The molecule has 1 aromatic rings. The first-order valence-corrected chi connectivity index (χ1v) is 5.12. The summed E-state index contributed by atoms with van der Waals surface area (Å²) in [5.41, 5.74) is 0.821. The van der Waals surface area contributed by atoms with E-state index in [1.165, 1.54) is 12.1 Å². The standard InChI is InChI=1S/C12H14F3NO/c1-9(16-2)3-4-10-5-7-11(8-6-10)17-12(13,14)15/h3-9,16H,1-2H3/b4-3+. The van der Waals surface area contributed by atoms with Crippen LogP contribution >= 0.6 is 0 Å². The van der Waals surface area contributed by atoms with Gasteiger partial charge in [-0.25, -0.2) is 0 Å². The molecule has 0 aliphatic heterocycles. The van der Waals surface area contributed by atoms with Crippen LogP contribution in [0.5, 0.6) is 5.75 Å². The molecule has 0 fully saturated rings. The molecule has 17 heavy (non-hydrogen) atoms. The predicted molar refractivity (Wildman–Crippen MR) is 60.7 cm³/mol. The molecule has 0 aliphatic rings. The molecule has 0 aromatic heterocycles. The van der Waals surface area contributed by atoms with E-state index in [0.29, 0.717) is 0 Å². The van der Waals surface area contributed by atoms with Gasteiger partial charge in [-0.05, 0) is 31.7 Å². The van der Waals surface area contributed by atoms with Crippen LogP contribution in [0.1, 0.15) is 12.5 Å². The summed E-state index contributed by atoms with van der Waals surface area (Å²) in [7, 11) is 1.83. The SMILES string of the molecule is CNC(C)/C=C/c1ccc(OC(F)(F)F)cc1. The number of benzene rings is 1. The fraction of sp³-hybridized carbons (Fsp3) is 0.333. The molecule has 1 rings (SSSR count). The fourth-order valence-corrected chi connectivity index (χ4v) is 1.13. The van der Waals surface area contributed by atoms with E-state index in [9.17, 15) is 13.2 Å². The summed E-state index contributed by atoms with van der Waals surface area (Å²) in [5, 5.41) is 3.02. The predicted octanol–water partition coefficient (Wildman–Crippen LogP) is 3.21. The number of hydrogen-bond donors (Lipinski definition) is 1. The molecule has 0 amide bonds. The van der Waals surface area contributed by atoms with Crippen molar-refractivity contribution in [2.45, 2.75) is 19.3 Å². The normalized spacial score (nSPS) is 13.9. The molecule has 0 radical (unpaired) electrons. The van der Waals surface area contributed by atoms with Crippen molar-refractivity contribution in [3.63, 3.8) is 0 Å². The van der Waals surface area contributed by atoms with Crippen LogP contribution in [0.3, 0.4) is 0 Å². The molecule has 0 saturated carbocycles. The highest BCUT2D eigenvalue weighted by Gasteiger charge is 2.30. The lowest BCUT2D eigenvalue weighted by Crippen LogP contribution is -2.17. The van der Waals surface area contributed by atoms with Gasteiger partial charge in [0.1, 0.15) is 5.75 Å². The molecule has 0 saturated heterocycles. The van der Waals surface area contributed by atoms with Gasteiger partial charge >= 0.3 is 6.36 Å². The molecular formula is C12H14F3NO. The van der Waals surface area contributed by atoms with Gasteiger partial charge in [0.15, 0.2) is 0 Å². The molecule has 1 aromatic carbocycles. The van der Waals surface area contributed by atoms with E-state index < -0.39 is 6.36 Å². The van der Waals surface area contributed by atoms with Gasteiger partial charge in [-0.3, -0.25) is 0 Å². The Bertz CT molecular complexity index is 370. The molecular weight excluding hydrogens is 231 g/mol. The summed E-state index contributed by atoms with van der Waals surface area (Å²) in [4.78, 5) is 0. The highest BCUT2D eigenvalue weighted by atomic mass is 19.4. The number of ether oxygens (including phenoxy) is 1. The Kier molecular flexibility index (Phi) is 4.57. The van der Waals surface area contributed by atoms with E-state index in [-0.39, 0.29) is 11.8 Å². The van der Waals surface area contributed by atoms with Crippen molar-refractivity contribution in [3.05, 3.63) is 35.9 Å². The topological polar surface area (TPSA) is 21.3 Å². The number of halogens is 3. The third kappa shape index (κ3) is 5.40. The Balaban J connectivity index is 2.65. The van der Waals surface area contributed by atoms with Gasteiger partial charge in [-0.1, -0.05) is 24.3 Å². The van der Waals surface area contributed by atoms with Crippen molar-refractivity contribution in [2.24, 2.45) is 0 Å².